The number of amides is 1. The number of rotatable bonds is 4. The van der Waals surface area contributed by atoms with E-state index in [9.17, 15) is 4.79 Å². The van der Waals surface area contributed by atoms with Crippen LogP contribution in [0.25, 0.3) is 0 Å². The van der Waals surface area contributed by atoms with Crippen LogP contribution < -0.4 is 5.73 Å². The highest BCUT2D eigenvalue weighted by Gasteiger charge is 2.21. The number of thiocarbonyl (C=S) groups is 1. The molecule has 0 atom stereocenters. The fourth-order valence-corrected chi connectivity index (χ4v) is 2.04. The average molecular weight is 243 g/mol. The van der Waals surface area contributed by atoms with E-state index in [1.807, 2.05) is 4.90 Å². The van der Waals surface area contributed by atoms with E-state index in [0.717, 1.165) is 26.2 Å². The van der Waals surface area contributed by atoms with Crippen LogP contribution in [0.1, 0.15) is 20.3 Å². The summed E-state index contributed by atoms with van der Waals surface area (Å²) in [6.07, 6.45) is 0.648. The number of hydrogen-bond donors (Lipinski definition) is 1. The van der Waals surface area contributed by atoms with Gasteiger partial charge in [0.25, 0.3) is 0 Å². The van der Waals surface area contributed by atoms with Gasteiger partial charge in [0.1, 0.15) is 0 Å². The molecule has 1 fully saturated rings. The second kappa shape index (κ2) is 6.15. The van der Waals surface area contributed by atoms with Crippen molar-refractivity contribution in [2.75, 3.05) is 32.7 Å². The maximum Gasteiger partial charge on any atom is 0.222 e. The van der Waals surface area contributed by atoms with E-state index in [0.29, 0.717) is 23.9 Å². The van der Waals surface area contributed by atoms with E-state index in [1.54, 1.807) is 0 Å². The summed E-state index contributed by atoms with van der Waals surface area (Å²) >= 11 is 4.87. The van der Waals surface area contributed by atoms with Gasteiger partial charge in [-0.1, -0.05) is 26.1 Å². The first-order chi connectivity index (χ1) is 7.49. The van der Waals surface area contributed by atoms with Crippen molar-refractivity contribution in [1.29, 1.82) is 0 Å². The molecule has 0 spiro atoms. The molecule has 2 N–H and O–H groups in total. The third-order valence-electron chi connectivity index (χ3n) is 2.69. The monoisotopic (exact) mass is 243 g/mol. The number of carbonyl (C=O) groups excluding carboxylic acids is 1. The minimum Gasteiger partial charge on any atom is -0.392 e. The minimum absolute atomic E-state index is 0.268. The molecule has 0 radical (unpaired) electrons. The van der Waals surface area contributed by atoms with E-state index in [2.05, 4.69) is 18.7 Å². The van der Waals surface area contributed by atoms with Crippen LogP contribution in [0.3, 0.4) is 0 Å². The van der Waals surface area contributed by atoms with Crippen LogP contribution in [0, 0.1) is 5.92 Å². The molecular formula is C11H21N3OS. The Morgan fingerprint density at radius 2 is 1.88 bits per heavy atom. The predicted molar refractivity (Wildman–Crippen MR) is 69.3 cm³/mol. The molecule has 16 heavy (non-hydrogen) atoms. The number of piperazine rings is 1. The van der Waals surface area contributed by atoms with Gasteiger partial charge in [-0.3, -0.25) is 9.69 Å². The number of carbonyl (C=O) groups is 1. The van der Waals surface area contributed by atoms with Crippen LogP contribution in [0.15, 0.2) is 0 Å². The average Bonchev–Trinajstić information content (AvgIpc) is 2.16. The fourth-order valence-electron chi connectivity index (χ4n) is 1.85. The molecule has 1 amide bonds. The summed E-state index contributed by atoms with van der Waals surface area (Å²) in [5.74, 6) is 0.701. The van der Waals surface area contributed by atoms with Crippen LogP contribution in [0.2, 0.25) is 0 Å². The van der Waals surface area contributed by atoms with Crippen LogP contribution in [-0.2, 0) is 4.79 Å². The summed E-state index contributed by atoms with van der Waals surface area (Å²) in [5.41, 5.74) is 5.49. The highest BCUT2D eigenvalue weighted by molar-refractivity contribution is 7.80. The van der Waals surface area contributed by atoms with E-state index in [-0.39, 0.29) is 5.91 Å². The van der Waals surface area contributed by atoms with E-state index >= 15 is 0 Å². The van der Waals surface area contributed by atoms with Crippen molar-refractivity contribution in [3.8, 4) is 0 Å². The van der Waals surface area contributed by atoms with E-state index < -0.39 is 0 Å². The van der Waals surface area contributed by atoms with Crippen molar-refractivity contribution in [2.45, 2.75) is 20.3 Å². The summed E-state index contributed by atoms with van der Waals surface area (Å²) in [6.45, 7) is 8.16. The van der Waals surface area contributed by atoms with Crippen LogP contribution in [0.4, 0.5) is 0 Å². The molecule has 0 unspecified atom stereocenters. The molecule has 0 aliphatic carbocycles. The summed E-state index contributed by atoms with van der Waals surface area (Å²) < 4.78 is 0. The summed E-state index contributed by atoms with van der Waals surface area (Å²) in [4.78, 5) is 16.5. The first-order valence-electron chi connectivity index (χ1n) is 5.77. The molecule has 0 aromatic heterocycles. The minimum atomic E-state index is 0.268. The van der Waals surface area contributed by atoms with Gasteiger partial charge in [-0.2, -0.15) is 0 Å². The number of nitrogens with two attached hydrogens (primary N) is 1. The van der Waals surface area contributed by atoms with Crippen LogP contribution in [-0.4, -0.2) is 53.4 Å². The van der Waals surface area contributed by atoms with Gasteiger partial charge in [0.2, 0.25) is 5.91 Å². The van der Waals surface area contributed by atoms with Gasteiger partial charge >= 0.3 is 0 Å². The molecule has 92 valence electrons. The molecule has 1 heterocycles. The van der Waals surface area contributed by atoms with E-state index in [1.165, 1.54) is 0 Å². The molecule has 1 aliphatic heterocycles. The molecular weight excluding hydrogens is 222 g/mol. The highest BCUT2D eigenvalue weighted by Crippen LogP contribution is 2.07. The van der Waals surface area contributed by atoms with Crippen molar-refractivity contribution < 1.29 is 4.79 Å². The van der Waals surface area contributed by atoms with E-state index in [4.69, 9.17) is 18.0 Å². The topological polar surface area (TPSA) is 49.6 Å². The predicted octanol–water partition coefficient (Wildman–Crippen LogP) is 0.463. The Morgan fingerprint density at radius 1 is 1.31 bits per heavy atom. The highest BCUT2D eigenvalue weighted by atomic mass is 32.1. The van der Waals surface area contributed by atoms with Gasteiger partial charge in [0.15, 0.2) is 0 Å². The van der Waals surface area contributed by atoms with Gasteiger partial charge < -0.3 is 10.6 Å². The Bertz CT molecular complexity index is 260. The maximum absolute atomic E-state index is 11.8. The van der Waals surface area contributed by atoms with Gasteiger partial charge in [0, 0.05) is 39.1 Å². The van der Waals surface area contributed by atoms with Crippen molar-refractivity contribution in [3.63, 3.8) is 0 Å². The van der Waals surface area contributed by atoms with Gasteiger partial charge in [-0.25, -0.2) is 0 Å². The Labute approximate surface area is 103 Å². The molecule has 1 rings (SSSR count). The second-order valence-corrected chi connectivity index (χ2v) is 5.25. The van der Waals surface area contributed by atoms with Crippen molar-refractivity contribution in [1.82, 2.24) is 9.80 Å². The fraction of sp³-hybridized carbons (Fsp3) is 0.818. The number of hydrogen-bond acceptors (Lipinski definition) is 3. The second-order valence-electron chi connectivity index (χ2n) is 4.72. The smallest absolute Gasteiger partial charge is 0.222 e. The number of nitrogens with zero attached hydrogens (tertiary/aromatic N) is 2. The maximum atomic E-state index is 11.8. The molecule has 5 heteroatoms. The lowest BCUT2D eigenvalue weighted by Crippen LogP contribution is -2.50. The molecule has 0 bridgehead atoms. The Balaban J connectivity index is 2.31. The Kier molecular flexibility index (Phi) is 5.15. The third kappa shape index (κ3) is 4.45. The SMILES string of the molecule is CC(C)CC(=O)N1CCN(CC(N)=S)CC1. The molecule has 1 aliphatic rings. The zero-order chi connectivity index (χ0) is 12.1. The van der Waals surface area contributed by atoms with Gasteiger partial charge in [0.05, 0.1) is 4.99 Å². The molecule has 4 nitrogen and oxygen atoms in total. The quantitative estimate of drug-likeness (QED) is 0.729. The molecule has 0 saturated carbocycles. The normalized spacial score (nSPS) is 17.8. The van der Waals surface area contributed by atoms with Crippen LogP contribution in [0.5, 0.6) is 0 Å². The lowest BCUT2D eigenvalue weighted by atomic mass is 10.1. The van der Waals surface area contributed by atoms with Crippen molar-refractivity contribution in [2.24, 2.45) is 11.7 Å². The first kappa shape index (κ1) is 13.4. The van der Waals surface area contributed by atoms with Crippen molar-refractivity contribution in [3.05, 3.63) is 0 Å². The Hall–Kier alpha value is -0.680. The lowest BCUT2D eigenvalue weighted by molar-refractivity contribution is -0.133. The Morgan fingerprint density at radius 3 is 2.31 bits per heavy atom. The standard InChI is InChI=1S/C11H21N3OS/c1-9(2)7-11(15)14-5-3-13(4-6-14)8-10(12)16/h9H,3-8H2,1-2H3,(H2,12,16). The first-order valence-corrected chi connectivity index (χ1v) is 6.18. The van der Waals surface area contributed by atoms with Crippen molar-refractivity contribution >= 4 is 23.1 Å². The zero-order valence-corrected chi connectivity index (χ0v) is 10.9. The summed E-state index contributed by atoms with van der Waals surface area (Å²) in [7, 11) is 0. The summed E-state index contributed by atoms with van der Waals surface area (Å²) in [6, 6.07) is 0. The molecule has 0 aromatic carbocycles. The van der Waals surface area contributed by atoms with Crippen LogP contribution >= 0.6 is 12.2 Å². The van der Waals surface area contributed by atoms with Gasteiger partial charge in [-0.05, 0) is 5.92 Å². The zero-order valence-electron chi connectivity index (χ0n) is 10.1. The molecule has 1 saturated heterocycles. The summed E-state index contributed by atoms with van der Waals surface area (Å²) in [5, 5.41) is 0. The molecule has 0 aromatic rings. The largest absolute Gasteiger partial charge is 0.392 e. The third-order valence-corrected chi connectivity index (χ3v) is 2.82. The lowest BCUT2D eigenvalue weighted by Gasteiger charge is -2.34. The van der Waals surface area contributed by atoms with Gasteiger partial charge in [-0.15, -0.1) is 0 Å².